The standard InChI is InChI=1S/C24H31N5O5Si/c1-24(2,3)35(5,6)34-18-16(12-30)33-23(19(18)32-4)29-14-27-17-20(25-13-26-21(17)29)28-22(31)15-10-8-7-9-11-15/h7-14,16,18-19,23H,1-6H3,(H,25,26,28,31)/t16-,18+,19-,23-/m1/s1. The van der Waals surface area contributed by atoms with Crippen molar-refractivity contribution < 1.29 is 23.5 Å². The summed E-state index contributed by atoms with van der Waals surface area (Å²) in [6.07, 6.45) is 0.972. The molecule has 0 unspecified atom stereocenters. The number of carbonyl (C=O) groups is 2. The molecule has 1 aliphatic rings. The number of fused-ring (bicyclic) bond motifs is 1. The number of imidazole rings is 1. The first-order valence-electron chi connectivity index (χ1n) is 11.4. The van der Waals surface area contributed by atoms with Crippen LogP contribution >= 0.6 is 0 Å². The molecule has 1 N–H and O–H groups in total. The van der Waals surface area contributed by atoms with Crippen molar-refractivity contribution in [3.63, 3.8) is 0 Å². The fraction of sp³-hybridized carbons (Fsp3) is 0.458. The zero-order valence-corrected chi connectivity index (χ0v) is 21.8. The highest BCUT2D eigenvalue weighted by Crippen LogP contribution is 2.42. The molecule has 1 amide bonds. The summed E-state index contributed by atoms with van der Waals surface area (Å²) in [7, 11) is -0.665. The van der Waals surface area contributed by atoms with Crippen molar-refractivity contribution in [2.45, 2.75) is 63.4 Å². The van der Waals surface area contributed by atoms with Crippen LogP contribution in [-0.2, 0) is 18.7 Å². The molecule has 1 fully saturated rings. The number of methoxy groups -OCH3 is 1. The Hall–Kier alpha value is -2.99. The average molecular weight is 498 g/mol. The first kappa shape index (κ1) is 25.1. The number of hydrogen-bond acceptors (Lipinski definition) is 8. The minimum Gasteiger partial charge on any atom is -0.408 e. The topological polar surface area (TPSA) is 117 Å². The largest absolute Gasteiger partial charge is 0.408 e. The lowest BCUT2D eigenvalue weighted by atomic mass is 10.1. The Morgan fingerprint density at radius 2 is 1.86 bits per heavy atom. The van der Waals surface area contributed by atoms with Crippen LogP contribution in [0.1, 0.15) is 37.4 Å². The normalized spacial score (nSPS) is 22.9. The van der Waals surface area contributed by atoms with E-state index < -0.39 is 32.9 Å². The maximum atomic E-state index is 12.7. The molecule has 1 saturated heterocycles. The van der Waals surface area contributed by atoms with Gasteiger partial charge in [0.15, 0.2) is 37.8 Å². The number of aromatic nitrogens is 4. The van der Waals surface area contributed by atoms with Gasteiger partial charge >= 0.3 is 0 Å². The second-order valence-electron chi connectivity index (χ2n) is 10.0. The second kappa shape index (κ2) is 9.57. The highest BCUT2D eigenvalue weighted by Gasteiger charge is 2.51. The van der Waals surface area contributed by atoms with E-state index in [0.717, 1.165) is 6.29 Å². The van der Waals surface area contributed by atoms with Crippen molar-refractivity contribution in [1.82, 2.24) is 19.5 Å². The van der Waals surface area contributed by atoms with Crippen LogP contribution in [0.25, 0.3) is 11.2 Å². The van der Waals surface area contributed by atoms with Crippen molar-refractivity contribution in [3.8, 4) is 0 Å². The van der Waals surface area contributed by atoms with E-state index in [9.17, 15) is 9.59 Å². The molecule has 3 heterocycles. The van der Waals surface area contributed by atoms with Gasteiger partial charge in [0.05, 0.1) is 6.33 Å². The minimum atomic E-state index is -2.23. The fourth-order valence-electron chi connectivity index (χ4n) is 3.80. The molecule has 0 aliphatic carbocycles. The number of aldehydes is 1. The number of nitrogens with one attached hydrogen (secondary N) is 1. The number of benzene rings is 1. The number of ether oxygens (including phenoxy) is 2. The van der Waals surface area contributed by atoms with E-state index in [-0.39, 0.29) is 16.8 Å². The molecule has 186 valence electrons. The van der Waals surface area contributed by atoms with Crippen molar-refractivity contribution in [2.75, 3.05) is 12.4 Å². The third kappa shape index (κ3) is 4.76. The van der Waals surface area contributed by atoms with Crippen molar-refractivity contribution in [1.29, 1.82) is 0 Å². The van der Waals surface area contributed by atoms with Gasteiger partial charge in [-0.15, -0.1) is 0 Å². The highest BCUT2D eigenvalue weighted by molar-refractivity contribution is 6.74. The molecule has 35 heavy (non-hydrogen) atoms. The Morgan fingerprint density at radius 1 is 1.14 bits per heavy atom. The summed E-state index contributed by atoms with van der Waals surface area (Å²) in [6.45, 7) is 10.6. The Kier molecular flexibility index (Phi) is 6.87. The maximum Gasteiger partial charge on any atom is 0.256 e. The zero-order valence-electron chi connectivity index (χ0n) is 20.8. The zero-order chi connectivity index (χ0) is 25.4. The molecule has 0 spiro atoms. The quantitative estimate of drug-likeness (QED) is 0.389. The lowest BCUT2D eigenvalue weighted by Crippen LogP contribution is -2.49. The van der Waals surface area contributed by atoms with Crippen molar-refractivity contribution >= 4 is 37.5 Å². The molecule has 3 aromatic rings. The SMILES string of the molecule is CO[C@@H]1[C@@H](O[Si](C)(C)C(C)(C)C)[C@@H](C=O)O[C@H]1n1cnc2c(NC(=O)c3ccccc3)ncnc21. The van der Waals surface area contributed by atoms with Gasteiger partial charge in [-0.3, -0.25) is 9.36 Å². The van der Waals surface area contributed by atoms with E-state index in [0.29, 0.717) is 16.7 Å². The van der Waals surface area contributed by atoms with Crippen LogP contribution in [0.15, 0.2) is 43.0 Å². The van der Waals surface area contributed by atoms with Crippen molar-refractivity contribution in [2.24, 2.45) is 0 Å². The summed E-state index contributed by atoms with van der Waals surface area (Å²) in [5.41, 5.74) is 1.33. The summed E-state index contributed by atoms with van der Waals surface area (Å²) >= 11 is 0. The molecule has 4 rings (SSSR count). The van der Waals surface area contributed by atoms with Gasteiger partial charge in [0, 0.05) is 12.7 Å². The van der Waals surface area contributed by atoms with E-state index >= 15 is 0 Å². The number of nitrogens with zero attached hydrogens (tertiary/aromatic N) is 4. The van der Waals surface area contributed by atoms with E-state index in [1.54, 1.807) is 42.3 Å². The summed E-state index contributed by atoms with van der Waals surface area (Å²) in [4.78, 5) is 37.6. The smallest absolute Gasteiger partial charge is 0.256 e. The predicted molar refractivity (Wildman–Crippen MR) is 133 cm³/mol. The lowest BCUT2D eigenvalue weighted by molar-refractivity contribution is -0.122. The van der Waals surface area contributed by atoms with Gasteiger partial charge in [0.25, 0.3) is 5.91 Å². The number of anilines is 1. The van der Waals surface area contributed by atoms with Gasteiger partial charge in [-0.05, 0) is 30.3 Å². The van der Waals surface area contributed by atoms with E-state index in [4.69, 9.17) is 13.9 Å². The highest BCUT2D eigenvalue weighted by atomic mass is 28.4. The molecule has 1 aliphatic heterocycles. The third-order valence-corrected chi connectivity index (χ3v) is 11.2. The van der Waals surface area contributed by atoms with Gasteiger partial charge in [0.1, 0.15) is 24.6 Å². The Morgan fingerprint density at radius 3 is 2.49 bits per heavy atom. The molecule has 0 radical (unpaired) electrons. The predicted octanol–water partition coefficient (Wildman–Crippen LogP) is 3.58. The molecule has 11 heteroatoms. The van der Waals surface area contributed by atoms with Crippen LogP contribution in [0, 0.1) is 0 Å². The van der Waals surface area contributed by atoms with Gasteiger partial charge < -0.3 is 24.0 Å². The van der Waals surface area contributed by atoms with Gasteiger partial charge in [-0.1, -0.05) is 39.0 Å². The Bertz CT molecular complexity index is 1210. The Labute approximate surface area is 205 Å². The van der Waals surface area contributed by atoms with Crippen LogP contribution < -0.4 is 5.32 Å². The molecule has 4 atom stereocenters. The summed E-state index contributed by atoms with van der Waals surface area (Å²) < 4.78 is 20.2. The number of amides is 1. The van der Waals surface area contributed by atoms with Crippen LogP contribution in [-0.4, -0.2) is 65.5 Å². The van der Waals surface area contributed by atoms with Crippen molar-refractivity contribution in [3.05, 3.63) is 48.5 Å². The van der Waals surface area contributed by atoms with Gasteiger partial charge in [-0.2, -0.15) is 0 Å². The molecular formula is C24H31N5O5Si. The molecule has 10 nitrogen and oxygen atoms in total. The minimum absolute atomic E-state index is 0.0579. The van der Waals surface area contributed by atoms with Gasteiger partial charge in [-0.25, -0.2) is 15.0 Å². The third-order valence-electron chi connectivity index (χ3n) is 6.77. The number of hydrogen-bond donors (Lipinski definition) is 1. The van der Waals surface area contributed by atoms with E-state index in [1.165, 1.54) is 6.33 Å². The van der Waals surface area contributed by atoms with Crippen LogP contribution in [0.5, 0.6) is 0 Å². The van der Waals surface area contributed by atoms with E-state index in [2.05, 4.69) is 54.1 Å². The van der Waals surface area contributed by atoms with Gasteiger partial charge in [0.2, 0.25) is 0 Å². The van der Waals surface area contributed by atoms with Crippen LogP contribution in [0.3, 0.4) is 0 Å². The average Bonchev–Trinajstić information content (AvgIpc) is 3.40. The first-order valence-corrected chi connectivity index (χ1v) is 14.3. The first-order chi connectivity index (χ1) is 16.6. The fourth-order valence-corrected chi connectivity index (χ4v) is 5.10. The maximum absolute atomic E-state index is 12.7. The molecule has 0 saturated carbocycles. The number of carbonyl (C=O) groups excluding carboxylic acids is 2. The van der Waals surface area contributed by atoms with Crippen LogP contribution in [0.2, 0.25) is 18.1 Å². The monoisotopic (exact) mass is 497 g/mol. The Balaban J connectivity index is 1.65. The molecule has 1 aromatic carbocycles. The number of rotatable bonds is 7. The van der Waals surface area contributed by atoms with Crippen LogP contribution in [0.4, 0.5) is 5.82 Å². The van der Waals surface area contributed by atoms with E-state index in [1.807, 2.05) is 6.07 Å². The lowest BCUT2D eigenvalue weighted by Gasteiger charge is -2.39. The second-order valence-corrected chi connectivity index (χ2v) is 14.8. The summed E-state index contributed by atoms with van der Waals surface area (Å²) in [6, 6.07) is 8.83. The summed E-state index contributed by atoms with van der Waals surface area (Å²) in [5, 5.41) is 2.74. The molecule has 0 bridgehead atoms. The molecular weight excluding hydrogens is 466 g/mol. The summed E-state index contributed by atoms with van der Waals surface area (Å²) in [5.74, 6) is -0.0357. The molecule has 2 aromatic heterocycles.